The van der Waals surface area contributed by atoms with Crippen molar-refractivity contribution in [2.24, 2.45) is 11.3 Å². The molecule has 0 aliphatic heterocycles. The van der Waals surface area contributed by atoms with E-state index < -0.39 is 23.2 Å². The Morgan fingerprint density at radius 2 is 1.29 bits per heavy atom. The molecule has 4 rings (SSSR count). The minimum atomic E-state index is -0.717. The van der Waals surface area contributed by atoms with Crippen molar-refractivity contribution in [3.63, 3.8) is 0 Å². The van der Waals surface area contributed by atoms with Crippen LogP contribution in [-0.4, -0.2) is 55.2 Å². The van der Waals surface area contributed by atoms with Crippen LogP contribution in [0.2, 0.25) is 0 Å². The molecule has 0 heterocycles. The van der Waals surface area contributed by atoms with Gasteiger partial charge in [-0.25, -0.2) is 18.4 Å². The number of halogens is 2. The van der Waals surface area contributed by atoms with Gasteiger partial charge in [0.05, 0.1) is 33.0 Å². The summed E-state index contributed by atoms with van der Waals surface area (Å²) in [5, 5.41) is 20.1. The maximum atomic E-state index is 16.3. The van der Waals surface area contributed by atoms with Crippen LogP contribution in [0.1, 0.15) is 127 Å². The summed E-state index contributed by atoms with van der Waals surface area (Å²) in [6, 6.07) is 13.9. The van der Waals surface area contributed by atoms with Gasteiger partial charge in [-0.2, -0.15) is 0 Å². The summed E-state index contributed by atoms with van der Waals surface area (Å²) in [5.74, 6) is -0.180. The molecule has 1 aliphatic rings. The fraction of sp³-hybridized carbons (Fsp3) is 0.520. The standard InChI is InChI=1S/C50H66F2O7/c1-7-9-10-13-36-16-18-37(19-17-36)38-20-22-43(45(51)30-38)39-21-23-44(46(52)31-39)42-28-40(14-11-25-58-48(55)34(3)4)47(57-27-24-50(8-2,32-53)33-54)41(29-42)15-12-26-59-49(56)35(5)6/h20-23,28-31,36-37,53-54H,3,5,7-19,24-27,32-33H2,1-2,4,6H3. The molecule has 322 valence electrons. The quantitative estimate of drug-likeness (QED) is 0.0527. The van der Waals surface area contributed by atoms with E-state index in [0.717, 1.165) is 35.4 Å². The van der Waals surface area contributed by atoms with Gasteiger partial charge < -0.3 is 24.4 Å². The van der Waals surface area contributed by atoms with Crippen molar-refractivity contribution in [2.75, 3.05) is 33.0 Å². The first-order valence-corrected chi connectivity index (χ1v) is 21.6. The Morgan fingerprint density at radius 1 is 0.729 bits per heavy atom. The van der Waals surface area contributed by atoms with Gasteiger partial charge in [0.2, 0.25) is 0 Å². The molecule has 0 radical (unpaired) electrons. The number of carbonyl (C=O) groups excluding carboxylic acids is 2. The van der Waals surface area contributed by atoms with Gasteiger partial charge in [-0.3, -0.25) is 0 Å². The van der Waals surface area contributed by atoms with Gasteiger partial charge in [-0.1, -0.05) is 77.0 Å². The third-order valence-electron chi connectivity index (χ3n) is 12.0. The normalized spacial score (nSPS) is 15.5. The fourth-order valence-corrected chi connectivity index (χ4v) is 7.95. The summed E-state index contributed by atoms with van der Waals surface area (Å²) < 4.78 is 49.2. The van der Waals surface area contributed by atoms with E-state index in [9.17, 15) is 19.8 Å². The molecule has 0 amide bonds. The third kappa shape index (κ3) is 13.6. The van der Waals surface area contributed by atoms with Crippen molar-refractivity contribution in [2.45, 2.75) is 124 Å². The first-order valence-electron chi connectivity index (χ1n) is 21.6. The van der Waals surface area contributed by atoms with E-state index in [1.54, 1.807) is 38.1 Å². The predicted octanol–water partition coefficient (Wildman–Crippen LogP) is 11.4. The van der Waals surface area contributed by atoms with Crippen LogP contribution < -0.4 is 4.74 Å². The molecular weight excluding hydrogens is 751 g/mol. The highest BCUT2D eigenvalue weighted by molar-refractivity contribution is 5.87. The highest BCUT2D eigenvalue weighted by atomic mass is 19.1. The van der Waals surface area contributed by atoms with Crippen LogP contribution in [0.25, 0.3) is 22.3 Å². The van der Waals surface area contributed by atoms with Crippen LogP contribution in [-0.2, 0) is 31.9 Å². The van der Waals surface area contributed by atoms with Crippen molar-refractivity contribution in [1.29, 1.82) is 0 Å². The minimum Gasteiger partial charge on any atom is -0.493 e. The number of ether oxygens (including phenoxy) is 3. The molecule has 0 atom stereocenters. The van der Waals surface area contributed by atoms with Gasteiger partial charge in [0.15, 0.2) is 0 Å². The number of aliphatic hydroxyl groups excluding tert-OH is 2. The number of carbonyl (C=O) groups is 2. The van der Waals surface area contributed by atoms with Crippen LogP contribution in [0, 0.1) is 23.0 Å². The van der Waals surface area contributed by atoms with Crippen molar-refractivity contribution in [3.05, 3.63) is 101 Å². The Morgan fingerprint density at radius 3 is 1.80 bits per heavy atom. The van der Waals surface area contributed by atoms with E-state index in [2.05, 4.69) is 20.1 Å². The van der Waals surface area contributed by atoms with E-state index in [1.807, 2.05) is 25.1 Å². The molecule has 7 nitrogen and oxygen atoms in total. The molecule has 59 heavy (non-hydrogen) atoms. The third-order valence-corrected chi connectivity index (χ3v) is 12.0. The lowest BCUT2D eigenvalue weighted by Crippen LogP contribution is -2.31. The zero-order valence-electron chi connectivity index (χ0n) is 35.8. The van der Waals surface area contributed by atoms with E-state index in [0.29, 0.717) is 83.6 Å². The van der Waals surface area contributed by atoms with Crippen LogP contribution in [0.15, 0.2) is 72.8 Å². The predicted molar refractivity (Wildman–Crippen MR) is 231 cm³/mol. The summed E-state index contributed by atoms with van der Waals surface area (Å²) in [5.41, 5.74) is 4.08. The van der Waals surface area contributed by atoms with E-state index in [4.69, 9.17) is 14.2 Å². The van der Waals surface area contributed by atoms with Crippen LogP contribution in [0.4, 0.5) is 8.78 Å². The zero-order chi connectivity index (χ0) is 43.0. The number of esters is 2. The van der Waals surface area contributed by atoms with E-state index in [-0.39, 0.29) is 38.9 Å². The second kappa shape index (κ2) is 23.4. The summed E-state index contributed by atoms with van der Waals surface area (Å²) >= 11 is 0. The smallest absolute Gasteiger partial charge is 0.333 e. The summed E-state index contributed by atoms with van der Waals surface area (Å²) in [6.45, 7) is 14.6. The summed E-state index contributed by atoms with van der Waals surface area (Å²) in [7, 11) is 0. The minimum absolute atomic E-state index is 0.128. The number of benzene rings is 3. The molecule has 1 fully saturated rings. The molecule has 1 aliphatic carbocycles. The number of aryl methyl sites for hydroxylation is 2. The van der Waals surface area contributed by atoms with Gasteiger partial charge in [-0.05, 0) is 142 Å². The molecule has 0 bridgehead atoms. The van der Waals surface area contributed by atoms with Crippen molar-refractivity contribution < 1.29 is 42.8 Å². The lowest BCUT2D eigenvalue weighted by atomic mass is 9.77. The number of rotatable bonds is 24. The highest BCUT2D eigenvalue weighted by Crippen LogP contribution is 2.40. The summed E-state index contributed by atoms with van der Waals surface area (Å²) in [6.07, 6.45) is 12.2. The number of unbranched alkanes of at least 4 members (excludes halogenated alkanes) is 2. The maximum Gasteiger partial charge on any atom is 0.333 e. The van der Waals surface area contributed by atoms with E-state index in [1.165, 1.54) is 44.6 Å². The molecular formula is C50H66F2O7. The Balaban J connectivity index is 1.64. The average molecular weight is 817 g/mol. The van der Waals surface area contributed by atoms with Gasteiger partial charge >= 0.3 is 11.9 Å². The first kappa shape index (κ1) is 47.3. The molecule has 0 aromatic heterocycles. The lowest BCUT2D eigenvalue weighted by Gasteiger charge is -2.29. The van der Waals surface area contributed by atoms with Crippen LogP contribution in [0.3, 0.4) is 0 Å². The average Bonchev–Trinajstić information content (AvgIpc) is 3.23. The van der Waals surface area contributed by atoms with Crippen molar-refractivity contribution >= 4 is 11.9 Å². The molecule has 3 aromatic carbocycles. The molecule has 1 saturated carbocycles. The molecule has 9 heteroatoms. The zero-order valence-corrected chi connectivity index (χ0v) is 35.8. The van der Waals surface area contributed by atoms with Gasteiger partial charge in [0.25, 0.3) is 0 Å². The lowest BCUT2D eigenvalue weighted by molar-refractivity contribution is -0.139. The van der Waals surface area contributed by atoms with Gasteiger partial charge in [-0.15, -0.1) is 0 Å². The molecule has 2 N–H and O–H groups in total. The Kier molecular flexibility index (Phi) is 18.8. The number of aliphatic hydroxyl groups is 2. The van der Waals surface area contributed by atoms with Crippen molar-refractivity contribution in [1.82, 2.24) is 0 Å². The molecule has 0 saturated heterocycles. The molecule has 3 aromatic rings. The van der Waals surface area contributed by atoms with E-state index >= 15 is 8.78 Å². The van der Waals surface area contributed by atoms with Crippen molar-refractivity contribution in [3.8, 4) is 28.0 Å². The topological polar surface area (TPSA) is 102 Å². The monoisotopic (exact) mass is 816 g/mol. The Hall–Kier alpha value is -4.34. The van der Waals surface area contributed by atoms with Crippen LogP contribution >= 0.6 is 0 Å². The van der Waals surface area contributed by atoms with Gasteiger partial charge in [0, 0.05) is 27.7 Å². The first-order chi connectivity index (χ1) is 28.3. The molecule has 0 spiro atoms. The highest BCUT2D eigenvalue weighted by Gasteiger charge is 2.27. The molecule has 0 unspecified atom stereocenters. The maximum absolute atomic E-state index is 16.3. The second-order valence-electron chi connectivity index (χ2n) is 16.6. The largest absolute Gasteiger partial charge is 0.493 e. The SMILES string of the molecule is C=C(C)C(=O)OCCCc1cc(-c2ccc(-c3ccc(C4CCC(CCCCC)CC4)cc3F)cc2F)cc(CCCOC(=O)C(=C)C)c1OCCC(CC)(CO)CO. The second-order valence-corrected chi connectivity index (χ2v) is 16.6. The number of hydrogen-bond acceptors (Lipinski definition) is 7. The Labute approximate surface area is 350 Å². The Bertz CT molecular complexity index is 1810. The van der Waals surface area contributed by atoms with Crippen LogP contribution in [0.5, 0.6) is 5.75 Å². The summed E-state index contributed by atoms with van der Waals surface area (Å²) in [4.78, 5) is 24.2. The van der Waals surface area contributed by atoms with Gasteiger partial charge in [0.1, 0.15) is 17.4 Å². The number of hydrogen-bond donors (Lipinski definition) is 2. The fourth-order valence-electron chi connectivity index (χ4n) is 7.95.